The zero-order valence-electron chi connectivity index (χ0n) is 11.9. The Balaban J connectivity index is 2.31. The molecule has 0 aromatic carbocycles. The maximum absolute atomic E-state index is 12.1. The van der Waals surface area contributed by atoms with Crippen LogP contribution in [0, 0.1) is 6.92 Å². The van der Waals surface area contributed by atoms with Crippen LogP contribution in [0.4, 0.5) is 0 Å². The normalized spacial score (nSPS) is 19.4. The van der Waals surface area contributed by atoms with Crippen molar-refractivity contribution in [3.8, 4) is 0 Å². The van der Waals surface area contributed by atoms with E-state index in [0.29, 0.717) is 24.5 Å². The number of rotatable bonds is 4. The summed E-state index contributed by atoms with van der Waals surface area (Å²) in [5, 5.41) is 7.52. The molecule has 1 unspecified atom stereocenters. The van der Waals surface area contributed by atoms with Crippen molar-refractivity contribution in [2.45, 2.75) is 46.3 Å². The molecule has 1 saturated heterocycles. The Morgan fingerprint density at radius 1 is 1.40 bits per heavy atom. The first-order valence-electron chi connectivity index (χ1n) is 6.78. The third kappa shape index (κ3) is 2.52. The number of halogens is 1. The fourth-order valence-electron chi connectivity index (χ4n) is 2.48. The molecule has 0 aliphatic carbocycles. The first-order valence-corrected chi connectivity index (χ1v) is 7.16. The lowest BCUT2D eigenvalue weighted by molar-refractivity contribution is -0.146. The number of hydrogen-bond donors (Lipinski definition) is 1. The van der Waals surface area contributed by atoms with E-state index in [2.05, 4.69) is 10.4 Å². The van der Waals surface area contributed by atoms with Gasteiger partial charge in [0, 0.05) is 6.54 Å². The highest BCUT2D eigenvalue weighted by Crippen LogP contribution is 2.24. The van der Waals surface area contributed by atoms with Gasteiger partial charge >= 0.3 is 0 Å². The van der Waals surface area contributed by atoms with Crippen molar-refractivity contribution in [1.29, 1.82) is 0 Å². The van der Waals surface area contributed by atoms with Crippen LogP contribution in [0.1, 0.15) is 31.7 Å². The fraction of sp³-hybridized carbons (Fsp3) is 0.615. The van der Waals surface area contributed by atoms with Crippen molar-refractivity contribution in [2.24, 2.45) is 0 Å². The molecule has 1 aromatic rings. The van der Waals surface area contributed by atoms with Crippen LogP contribution >= 0.6 is 11.6 Å². The lowest BCUT2D eigenvalue weighted by Crippen LogP contribution is -2.57. The van der Waals surface area contributed by atoms with E-state index >= 15 is 0 Å². The number of nitrogens with one attached hydrogen (secondary N) is 1. The molecule has 1 aliphatic heterocycles. The van der Waals surface area contributed by atoms with Crippen LogP contribution in [0.2, 0.25) is 5.02 Å². The summed E-state index contributed by atoms with van der Waals surface area (Å²) in [6.07, 6.45) is 0.578. The Hall–Kier alpha value is -1.56. The van der Waals surface area contributed by atoms with Gasteiger partial charge in [0.25, 0.3) is 0 Å². The fourth-order valence-corrected chi connectivity index (χ4v) is 2.68. The highest BCUT2D eigenvalue weighted by atomic mass is 35.5. The van der Waals surface area contributed by atoms with Gasteiger partial charge in [-0.15, -0.1) is 0 Å². The molecule has 1 aromatic heterocycles. The summed E-state index contributed by atoms with van der Waals surface area (Å²) in [5.74, 6) is -0.198. The minimum Gasteiger partial charge on any atom is -0.345 e. The summed E-state index contributed by atoms with van der Waals surface area (Å²) < 4.78 is 1.78. The molecule has 20 heavy (non-hydrogen) atoms. The van der Waals surface area contributed by atoms with E-state index in [4.69, 9.17) is 11.6 Å². The standard InChI is InChI=1S/C13H19ClN4O2/c1-4-9-13(20)15-6-11(19)17(9)7-10-12(14)8(3)16-18(10)5-2/h9H,4-7H2,1-3H3,(H,15,20). The number of amides is 2. The van der Waals surface area contributed by atoms with Crippen LogP contribution in [0.3, 0.4) is 0 Å². The summed E-state index contributed by atoms with van der Waals surface area (Å²) in [6, 6.07) is -0.437. The molecule has 2 amide bonds. The number of hydrogen-bond acceptors (Lipinski definition) is 3. The van der Waals surface area contributed by atoms with E-state index in [1.165, 1.54) is 0 Å². The number of nitrogens with zero attached hydrogens (tertiary/aromatic N) is 3. The molecule has 6 nitrogen and oxygen atoms in total. The lowest BCUT2D eigenvalue weighted by Gasteiger charge is -2.34. The number of carbonyl (C=O) groups excluding carboxylic acids is 2. The van der Waals surface area contributed by atoms with Gasteiger partial charge in [-0.05, 0) is 20.3 Å². The van der Waals surface area contributed by atoms with Crippen LogP contribution in [0.15, 0.2) is 0 Å². The van der Waals surface area contributed by atoms with Crippen LogP contribution in [-0.4, -0.2) is 39.1 Å². The third-order valence-electron chi connectivity index (χ3n) is 3.57. The summed E-state index contributed by atoms with van der Waals surface area (Å²) in [7, 11) is 0. The first kappa shape index (κ1) is 14.8. The Kier molecular flexibility index (Phi) is 4.32. The quantitative estimate of drug-likeness (QED) is 0.905. The van der Waals surface area contributed by atoms with E-state index < -0.39 is 6.04 Å². The molecule has 1 aliphatic rings. The Morgan fingerprint density at radius 2 is 2.10 bits per heavy atom. The summed E-state index contributed by atoms with van der Waals surface area (Å²) in [4.78, 5) is 25.5. The Labute approximate surface area is 123 Å². The lowest BCUT2D eigenvalue weighted by atomic mass is 10.1. The second-order valence-corrected chi connectivity index (χ2v) is 5.20. The van der Waals surface area contributed by atoms with E-state index in [9.17, 15) is 9.59 Å². The number of aryl methyl sites for hydroxylation is 2. The van der Waals surface area contributed by atoms with Gasteiger partial charge in [-0.3, -0.25) is 14.3 Å². The van der Waals surface area contributed by atoms with Gasteiger partial charge in [0.2, 0.25) is 11.8 Å². The van der Waals surface area contributed by atoms with Gasteiger partial charge in [0.05, 0.1) is 29.5 Å². The molecule has 110 valence electrons. The van der Waals surface area contributed by atoms with Gasteiger partial charge in [-0.25, -0.2) is 0 Å². The summed E-state index contributed by atoms with van der Waals surface area (Å²) in [6.45, 7) is 6.73. The Morgan fingerprint density at radius 3 is 2.70 bits per heavy atom. The molecule has 0 saturated carbocycles. The molecule has 1 N–H and O–H groups in total. The van der Waals surface area contributed by atoms with Crippen molar-refractivity contribution >= 4 is 23.4 Å². The zero-order valence-corrected chi connectivity index (χ0v) is 12.7. The molecular weight excluding hydrogens is 280 g/mol. The number of piperazine rings is 1. The average molecular weight is 299 g/mol. The van der Waals surface area contributed by atoms with Crippen molar-refractivity contribution in [1.82, 2.24) is 20.0 Å². The van der Waals surface area contributed by atoms with Crippen LogP contribution in [0.25, 0.3) is 0 Å². The van der Waals surface area contributed by atoms with Gasteiger partial charge in [-0.1, -0.05) is 18.5 Å². The van der Waals surface area contributed by atoms with Gasteiger partial charge in [-0.2, -0.15) is 5.10 Å². The largest absolute Gasteiger partial charge is 0.345 e. The third-order valence-corrected chi connectivity index (χ3v) is 4.06. The van der Waals surface area contributed by atoms with Crippen LogP contribution in [0.5, 0.6) is 0 Å². The predicted octanol–water partition coefficient (Wildman–Crippen LogP) is 1.10. The van der Waals surface area contributed by atoms with Gasteiger partial charge < -0.3 is 10.2 Å². The summed E-state index contributed by atoms with van der Waals surface area (Å²) >= 11 is 6.27. The maximum atomic E-state index is 12.1. The van der Waals surface area contributed by atoms with Crippen molar-refractivity contribution in [3.63, 3.8) is 0 Å². The van der Waals surface area contributed by atoms with E-state index in [1.807, 2.05) is 20.8 Å². The van der Waals surface area contributed by atoms with Crippen molar-refractivity contribution < 1.29 is 9.59 Å². The first-order chi connectivity index (χ1) is 9.49. The van der Waals surface area contributed by atoms with E-state index in [0.717, 1.165) is 11.4 Å². The molecule has 2 rings (SSSR count). The van der Waals surface area contributed by atoms with Crippen molar-refractivity contribution in [2.75, 3.05) is 6.54 Å². The molecule has 7 heteroatoms. The molecule has 2 heterocycles. The smallest absolute Gasteiger partial charge is 0.243 e. The van der Waals surface area contributed by atoms with E-state index in [1.54, 1.807) is 9.58 Å². The molecule has 1 fully saturated rings. The zero-order chi connectivity index (χ0) is 14.9. The van der Waals surface area contributed by atoms with Crippen LogP contribution in [-0.2, 0) is 22.7 Å². The molecule has 1 atom stereocenters. The highest BCUT2D eigenvalue weighted by molar-refractivity contribution is 6.31. The number of aromatic nitrogens is 2. The van der Waals surface area contributed by atoms with Gasteiger partial charge in [0.15, 0.2) is 0 Å². The topological polar surface area (TPSA) is 67.2 Å². The monoisotopic (exact) mass is 298 g/mol. The second kappa shape index (κ2) is 5.83. The van der Waals surface area contributed by atoms with Crippen molar-refractivity contribution in [3.05, 3.63) is 16.4 Å². The SMILES string of the molecule is CCC1C(=O)NCC(=O)N1Cc1c(Cl)c(C)nn1CC. The highest BCUT2D eigenvalue weighted by Gasteiger charge is 2.34. The molecule has 0 spiro atoms. The van der Waals surface area contributed by atoms with Crippen LogP contribution < -0.4 is 5.32 Å². The summed E-state index contributed by atoms with van der Waals surface area (Å²) in [5.41, 5.74) is 1.53. The minimum atomic E-state index is -0.437. The Bertz CT molecular complexity index is 541. The molecule has 0 bridgehead atoms. The second-order valence-electron chi connectivity index (χ2n) is 4.83. The average Bonchev–Trinajstić information content (AvgIpc) is 2.70. The van der Waals surface area contributed by atoms with Gasteiger partial charge in [0.1, 0.15) is 6.04 Å². The van der Waals surface area contributed by atoms with E-state index in [-0.39, 0.29) is 18.4 Å². The molecule has 0 radical (unpaired) electrons. The number of carbonyl (C=O) groups is 2. The predicted molar refractivity (Wildman–Crippen MR) is 75.3 cm³/mol. The maximum Gasteiger partial charge on any atom is 0.243 e. The molecular formula is C13H19ClN4O2. The minimum absolute atomic E-state index is 0.0478.